The van der Waals surface area contributed by atoms with Gasteiger partial charge in [-0.1, -0.05) is 30.3 Å². The molecule has 0 radical (unpaired) electrons. The molecule has 104 valence electrons. The van der Waals surface area contributed by atoms with Crippen molar-refractivity contribution in [3.63, 3.8) is 0 Å². The van der Waals surface area contributed by atoms with Crippen LogP contribution in [0.15, 0.2) is 48.5 Å². The maximum Gasteiger partial charge on any atom is 0.119 e. The Morgan fingerprint density at radius 1 is 1.20 bits per heavy atom. The Morgan fingerprint density at radius 2 is 2.05 bits per heavy atom. The molecule has 2 aromatic carbocycles. The van der Waals surface area contributed by atoms with Crippen molar-refractivity contribution in [2.75, 3.05) is 11.9 Å². The Kier molecular flexibility index (Phi) is 3.61. The van der Waals surface area contributed by atoms with Crippen molar-refractivity contribution in [1.82, 2.24) is 0 Å². The van der Waals surface area contributed by atoms with Crippen LogP contribution in [0.2, 0.25) is 0 Å². The Bertz CT molecular complexity index is 597. The molecule has 20 heavy (non-hydrogen) atoms. The molecular weight excluding hydrogens is 250 g/mol. The number of benzene rings is 2. The van der Waals surface area contributed by atoms with E-state index in [1.54, 1.807) is 0 Å². The molecule has 0 unspecified atom stereocenters. The van der Waals surface area contributed by atoms with Crippen LogP contribution in [0.25, 0.3) is 0 Å². The van der Waals surface area contributed by atoms with E-state index in [-0.39, 0.29) is 6.04 Å². The summed E-state index contributed by atoms with van der Waals surface area (Å²) in [5.41, 5.74) is 3.13. The van der Waals surface area contributed by atoms with Gasteiger partial charge in [0, 0.05) is 17.7 Å². The molecule has 2 atom stereocenters. The van der Waals surface area contributed by atoms with Crippen LogP contribution in [0.1, 0.15) is 36.6 Å². The van der Waals surface area contributed by atoms with E-state index in [0.29, 0.717) is 13.0 Å². The molecule has 3 heteroatoms. The zero-order valence-electron chi connectivity index (χ0n) is 11.5. The molecule has 3 nitrogen and oxygen atoms in total. The van der Waals surface area contributed by atoms with Gasteiger partial charge in [-0.3, -0.25) is 0 Å². The summed E-state index contributed by atoms with van der Waals surface area (Å²) in [6, 6.07) is 16.1. The van der Waals surface area contributed by atoms with E-state index in [1.165, 1.54) is 0 Å². The van der Waals surface area contributed by atoms with Crippen LogP contribution in [-0.2, 0) is 0 Å². The number of hydrogen-bond acceptors (Lipinski definition) is 3. The highest BCUT2D eigenvalue weighted by Crippen LogP contribution is 2.39. The Labute approximate surface area is 119 Å². The van der Waals surface area contributed by atoms with E-state index in [1.807, 2.05) is 49.4 Å². The molecule has 0 saturated carbocycles. The standard InChI is InChI=1S/C17H19NO2/c1-2-20-13-7-5-6-12(10-13)16-11-17(19)14-8-3-4-9-15(14)18-16/h3-10,16-19H,2,11H2,1H3/t16-,17+/m1/s1. The highest BCUT2D eigenvalue weighted by Gasteiger charge is 2.25. The number of aliphatic hydroxyl groups excluding tert-OH is 1. The zero-order valence-corrected chi connectivity index (χ0v) is 11.5. The molecule has 1 heterocycles. The molecule has 2 aromatic rings. The maximum atomic E-state index is 10.3. The fourth-order valence-corrected chi connectivity index (χ4v) is 2.72. The molecule has 0 fully saturated rings. The number of para-hydroxylation sites is 1. The number of aliphatic hydroxyl groups is 1. The highest BCUT2D eigenvalue weighted by atomic mass is 16.5. The second-order valence-corrected chi connectivity index (χ2v) is 5.04. The monoisotopic (exact) mass is 269 g/mol. The smallest absolute Gasteiger partial charge is 0.119 e. The van der Waals surface area contributed by atoms with Gasteiger partial charge in [0.15, 0.2) is 0 Å². The van der Waals surface area contributed by atoms with Crippen molar-refractivity contribution in [1.29, 1.82) is 0 Å². The highest BCUT2D eigenvalue weighted by molar-refractivity contribution is 5.56. The summed E-state index contributed by atoms with van der Waals surface area (Å²) in [6.45, 7) is 2.64. The van der Waals surface area contributed by atoms with Gasteiger partial charge < -0.3 is 15.2 Å². The third-order valence-corrected chi connectivity index (χ3v) is 3.68. The fraction of sp³-hybridized carbons (Fsp3) is 0.294. The number of anilines is 1. The summed E-state index contributed by atoms with van der Waals surface area (Å²) in [5, 5.41) is 13.8. The van der Waals surface area contributed by atoms with E-state index >= 15 is 0 Å². The molecule has 0 amide bonds. The van der Waals surface area contributed by atoms with E-state index < -0.39 is 6.10 Å². The van der Waals surface area contributed by atoms with Crippen LogP contribution in [0, 0.1) is 0 Å². The normalized spacial score (nSPS) is 20.9. The molecule has 1 aliphatic rings. The first kappa shape index (κ1) is 13.0. The van der Waals surface area contributed by atoms with Gasteiger partial charge in [-0.25, -0.2) is 0 Å². The van der Waals surface area contributed by atoms with Gasteiger partial charge in [0.05, 0.1) is 18.8 Å². The number of ether oxygens (including phenoxy) is 1. The minimum absolute atomic E-state index is 0.111. The van der Waals surface area contributed by atoms with Crippen molar-refractivity contribution >= 4 is 5.69 Å². The van der Waals surface area contributed by atoms with Crippen LogP contribution >= 0.6 is 0 Å². The Morgan fingerprint density at radius 3 is 2.90 bits per heavy atom. The van der Waals surface area contributed by atoms with Crippen LogP contribution in [0.3, 0.4) is 0 Å². The second kappa shape index (κ2) is 5.55. The van der Waals surface area contributed by atoms with Crippen LogP contribution in [0.5, 0.6) is 5.75 Å². The molecule has 0 aliphatic carbocycles. The van der Waals surface area contributed by atoms with Crippen molar-refractivity contribution in [3.05, 3.63) is 59.7 Å². The maximum absolute atomic E-state index is 10.3. The zero-order chi connectivity index (χ0) is 13.9. The lowest BCUT2D eigenvalue weighted by Gasteiger charge is -2.31. The predicted molar refractivity (Wildman–Crippen MR) is 80.0 cm³/mol. The lowest BCUT2D eigenvalue weighted by molar-refractivity contribution is 0.156. The van der Waals surface area contributed by atoms with Crippen LogP contribution in [0.4, 0.5) is 5.69 Å². The molecule has 3 rings (SSSR count). The third kappa shape index (κ3) is 2.49. The summed E-state index contributed by atoms with van der Waals surface area (Å²) >= 11 is 0. The lowest BCUT2D eigenvalue weighted by Crippen LogP contribution is -2.21. The van der Waals surface area contributed by atoms with Gasteiger partial charge >= 0.3 is 0 Å². The van der Waals surface area contributed by atoms with Gasteiger partial charge in [0.25, 0.3) is 0 Å². The van der Waals surface area contributed by atoms with Crippen molar-refractivity contribution in [2.45, 2.75) is 25.5 Å². The second-order valence-electron chi connectivity index (χ2n) is 5.04. The first-order valence-electron chi connectivity index (χ1n) is 7.04. The molecule has 0 saturated heterocycles. The van der Waals surface area contributed by atoms with E-state index in [4.69, 9.17) is 4.74 Å². The number of nitrogens with one attached hydrogen (secondary N) is 1. The van der Waals surface area contributed by atoms with Crippen molar-refractivity contribution in [3.8, 4) is 5.75 Å². The summed E-state index contributed by atoms with van der Waals surface area (Å²) in [4.78, 5) is 0. The average Bonchev–Trinajstić information content (AvgIpc) is 2.48. The van der Waals surface area contributed by atoms with E-state index in [0.717, 1.165) is 22.6 Å². The molecule has 0 spiro atoms. The molecule has 2 N–H and O–H groups in total. The van der Waals surface area contributed by atoms with Gasteiger partial charge in [-0.15, -0.1) is 0 Å². The summed E-state index contributed by atoms with van der Waals surface area (Å²) in [5.74, 6) is 0.875. The molecular formula is C17H19NO2. The first-order valence-corrected chi connectivity index (χ1v) is 7.04. The average molecular weight is 269 g/mol. The van der Waals surface area contributed by atoms with Crippen molar-refractivity contribution < 1.29 is 9.84 Å². The largest absolute Gasteiger partial charge is 0.494 e. The van der Waals surface area contributed by atoms with Gasteiger partial charge in [0.2, 0.25) is 0 Å². The van der Waals surface area contributed by atoms with Gasteiger partial charge in [0.1, 0.15) is 5.75 Å². The summed E-state index contributed by atoms with van der Waals surface area (Å²) in [6.07, 6.45) is 0.250. The summed E-state index contributed by atoms with van der Waals surface area (Å²) < 4.78 is 5.54. The first-order chi connectivity index (χ1) is 9.78. The number of fused-ring (bicyclic) bond motifs is 1. The predicted octanol–water partition coefficient (Wildman–Crippen LogP) is 3.68. The minimum Gasteiger partial charge on any atom is -0.494 e. The molecule has 0 bridgehead atoms. The SMILES string of the molecule is CCOc1cccc([C@H]2C[C@H](O)c3ccccc3N2)c1. The number of rotatable bonds is 3. The number of hydrogen-bond donors (Lipinski definition) is 2. The third-order valence-electron chi connectivity index (χ3n) is 3.68. The van der Waals surface area contributed by atoms with Crippen molar-refractivity contribution in [2.24, 2.45) is 0 Å². The van der Waals surface area contributed by atoms with Crippen LogP contribution < -0.4 is 10.1 Å². The fourth-order valence-electron chi connectivity index (χ4n) is 2.72. The quantitative estimate of drug-likeness (QED) is 0.893. The molecule has 0 aromatic heterocycles. The van der Waals surface area contributed by atoms with E-state index in [2.05, 4.69) is 11.4 Å². The van der Waals surface area contributed by atoms with Gasteiger partial charge in [-0.2, -0.15) is 0 Å². The lowest BCUT2D eigenvalue weighted by atomic mass is 9.91. The van der Waals surface area contributed by atoms with Gasteiger partial charge in [-0.05, 0) is 30.7 Å². The Hall–Kier alpha value is -2.00. The van der Waals surface area contributed by atoms with Crippen LogP contribution in [-0.4, -0.2) is 11.7 Å². The Balaban J connectivity index is 1.87. The summed E-state index contributed by atoms with van der Waals surface area (Å²) in [7, 11) is 0. The minimum atomic E-state index is -0.423. The molecule has 1 aliphatic heterocycles. The van der Waals surface area contributed by atoms with E-state index in [9.17, 15) is 5.11 Å². The topological polar surface area (TPSA) is 41.5 Å².